The van der Waals surface area contributed by atoms with Crippen LogP contribution in [0.5, 0.6) is 5.75 Å². The molecule has 0 saturated carbocycles. The van der Waals surface area contributed by atoms with E-state index in [0.717, 1.165) is 30.2 Å². The van der Waals surface area contributed by atoms with Crippen molar-refractivity contribution < 1.29 is 23.1 Å². The molecule has 204 valence electrons. The van der Waals surface area contributed by atoms with Crippen molar-refractivity contribution in [3.8, 4) is 5.75 Å². The Morgan fingerprint density at radius 1 is 1.24 bits per heavy atom. The molecule has 0 radical (unpaired) electrons. The van der Waals surface area contributed by atoms with Crippen LogP contribution in [0.25, 0.3) is 6.08 Å². The third-order valence-corrected chi connectivity index (χ3v) is 8.02. The highest BCUT2D eigenvalue weighted by atomic mass is 35.5. The Balaban J connectivity index is 1.78. The van der Waals surface area contributed by atoms with Crippen LogP contribution in [0.4, 0.5) is 5.69 Å². The van der Waals surface area contributed by atoms with Crippen LogP contribution in [0.3, 0.4) is 0 Å². The number of nitrogens with two attached hydrogens (primary N) is 1. The summed E-state index contributed by atoms with van der Waals surface area (Å²) in [6, 6.07) is 11.4. The number of halogens is 1. The van der Waals surface area contributed by atoms with E-state index in [-0.39, 0.29) is 29.2 Å². The molecule has 12 heteroatoms. The second kappa shape index (κ2) is 12.8. The van der Waals surface area contributed by atoms with Gasteiger partial charge in [0.1, 0.15) is 17.7 Å². The Labute approximate surface area is 227 Å². The first-order valence-electron chi connectivity index (χ1n) is 12.1. The highest BCUT2D eigenvalue weighted by Crippen LogP contribution is 2.32. The molecule has 2 aromatic carbocycles. The zero-order chi connectivity index (χ0) is 27.9. The molecular formula is C26H32ClN5O5S. The lowest BCUT2D eigenvalue weighted by atomic mass is 10.1. The first-order valence-corrected chi connectivity index (χ1v) is 14.1. The number of sulfonamides is 1. The predicted octanol–water partition coefficient (Wildman–Crippen LogP) is 3.79. The first-order chi connectivity index (χ1) is 18.0. The Bertz CT molecular complexity index is 1320. The van der Waals surface area contributed by atoms with Gasteiger partial charge in [-0.15, -0.1) is 0 Å². The number of nitrogens with zero attached hydrogens (tertiary/aromatic N) is 2. The summed E-state index contributed by atoms with van der Waals surface area (Å²) in [6.07, 6.45) is 5.31. The van der Waals surface area contributed by atoms with Crippen molar-refractivity contribution in [1.82, 2.24) is 4.90 Å². The number of benzene rings is 2. The molecular weight excluding hydrogens is 530 g/mol. The van der Waals surface area contributed by atoms with Gasteiger partial charge in [-0.3, -0.25) is 19.9 Å². The van der Waals surface area contributed by atoms with Crippen molar-refractivity contribution in [2.24, 2.45) is 5.73 Å². The SMILES string of the molecule is CCC(=N)N1CCC(Oc2ccc(N(C/C=C/c3cccc(C(=N)N)c3)S(=O)(=O)CC(=O)O)cc2Cl)CC1. The molecule has 0 aromatic heterocycles. The quantitative estimate of drug-likeness (QED) is 0.240. The van der Waals surface area contributed by atoms with Crippen molar-refractivity contribution >= 4 is 51.0 Å². The average molecular weight is 562 g/mol. The molecule has 0 aliphatic carbocycles. The number of likely N-dealkylation sites (tertiary alicyclic amines) is 1. The van der Waals surface area contributed by atoms with Gasteiger partial charge in [0.25, 0.3) is 0 Å². The minimum absolute atomic E-state index is 0.0835. The standard InChI is InChI=1S/C26H32ClN5O5S/c1-2-24(28)31-13-10-21(11-14-31)37-23-9-8-20(16-22(23)27)32(38(35,36)17-25(33)34)12-4-6-18-5-3-7-19(15-18)26(29)30/h3-9,15-16,21,28H,2,10-14,17H2,1H3,(H3,29,30)(H,33,34)/b6-4+,28-24?. The number of hydrogen-bond acceptors (Lipinski definition) is 6. The lowest BCUT2D eigenvalue weighted by Gasteiger charge is -2.33. The number of rotatable bonds is 11. The molecule has 1 saturated heterocycles. The molecule has 0 atom stereocenters. The summed E-state index contributed by atoms with van der Waals surface area (Å²) in [5.41, 5.74) is 6.97. The maximum atomic E-state index is 12.9. The number of aliphatic carboxylic acids is 1. The molecule has 38 heavy (non-hydrogen) atoms. The van der Waals surface area contributed by atoms with Crippen LogP contribution in [0.2, 0.25) is 5.02 Å². The normalized spacial score (nSPS) is 14.4. The molecule has 0 unspecified atom stereocenters. The van der Waals surface area contributed by atoms with Gasteiger partial charge in [0.2, 0.25) is 10.0 Å². The summed E-state index contributed by atoms with van der Waals surface area (Å²) < 4.78 is 32.9. The molecule has 3 rings (SSSR count). The first kappa shape index (κ1) is 29.0. The Kier molecular flexibility index (Phi) is 9.76. The Hall–Kier alpha value is -3.57. The third kappa shape index (κ3) is 7.72. The number of nitrogens with one attached hydrogen (secondary N) is 2. The fourth-order valence-corrected chi connectivity index (χ4v) is 5.53. The molecule has 2 aromatic rings. The summed E-state index contributed by atoms with van der Waals surface area (Å²) in [7, 11) is -4.22. The van der Waals surface area contributed by atoms with Gasteiger partial charge >= 0.3 is 5.97 Å². The monoisotopic (exact) mass is 561 g/mol. The second-order valence-corrected chi connectivity index (χ2v) is 11.1. The number of hydrogen-bond donors (Lipinski definition) is 4. The lowest BCUT2D eigenvalue weighted by Crippen LogP contribution is -2.41. The van der Waals surface area contributed by atoms with Gasteiger partial charge < -0.3 is 20.5 Å². The van der Waals surface area contributed by atoms with Crippen LogP contribution in [-0.2, 0) is 14.8 Å². The van der Waals surface area contributed by atoms with Crippen molar-refractivity contribution in [3.05, 3.63) is 64.7 Å². The van der Waals surface area contributed by atoms with Crippen molar-refractivity contribution in [2.75, 3.05) is 29.7 Å². The smallest absolute Gasteiger partial charge is 0.320 e. The van der Waals surface area contributed by atoms with Crippen LogP contribution >= 0.6 is 11.6 Å². The van der Waals surface area contributed by atoms with Crippen LogP contribution < -0.4 is 14.8 Å². The topological polar surface area (TPSA) is 161 Å². The average Bonchev–Trinajstić information content (AvgIpc) is 2.87. The summed E-state index contributed by atoms with van der Waals surface area (Å²) in [6.45, 7) is 3.25. The van der Waals surface area contributed by atoms with Gasteiger partial charge in [0, 0.05) is 37.9 Å². The molecule has 1 aliphatic heterocycles. The van der Waals surface area contributed by atoms with E-state index in [1.807, 2.05) is 11.8 Å². The second-order valence-electron chi connectivity index (χ2n) is 8.84. The fourth-order valence-electron chi connectivity index (χ4n) is 4.10. The molecule has 1 aliphatic rings. The van der Waals surface area contributed by atoms with Gasteiger partial charge in [-0.25, -0.2) is 8.42 Å². The zero-order valence-corrected chi connectivity index (χ0v) is 22.6. The predicted molar refractivity (Wildman–Crippen MR) is 150 cm³/mol. The largest absolute Gasteiger partial charge is 0.489 e. The lowest BCUT2D eigenvalue weighted by molar-refractivity contribution is -0.134. The number of carboxylic acid groups (broad SMARTS) is 1. The molecule has 1 fully saturated rings. The molecule has 5 N–H and O–H groups in total. The third-order valence-electron chi connectivity index (χ3n) is 6.08. The Morgan fingerprint density at radius 3 is 2.55 bits per heavy atom. The summed E-state index contributed by atoms with van der Waals surface area (Å²) in [4.78, 5) is 13.3. The summed E-state index contributed by atoms with van der Waals surface area (Å²) >= 11 is 6.47. The highest BCUT2D eigenvalue weighted by Gasteiger charge is 2.26. The number of anilines is 1. The van der Waals surface area contributed by atoms with Crippen molar-refractivity contribution in [2.45, 2.75) is 32.3 Å². The highest BCUT2D eigenvalue weighted by molar-refractivity contribution is 7.93. The van der Waals surface area contributed by atoms with Crippen LogP contribution in [0.1, 0.15) is 37.3 Å². The van der Waals surface area contributed by atoms with Gasteiger partial charge in [0.15, 0.2) is 5.75 Å². The Morgan fingerprint density at radius 2 is 1.95 bits per heavy atom. The molecule has 0 bridgehead atoms. The van der Waals surface area contributed by atoms with E-state index in [9.17, 15) is 13.2 Å². The van der Waals surface area contributed by atoms with Gasteiger partial charge in [-0.2, -0.15) is 0 Å². The van der Waals surface area contributed by atoms with E-state index in [0.29, 0.717) is 29.1 Å². The zero-order valence-electron chi connectivity index (χ0n) is 21.1. The maximum absolute atomic E-state index is 12.9. The van der Waals surface area contributed by atoms with Crippen LogP contribution in [-0.4, -0.2) is 67.6 Å². The van der Waals surface area contributed by atoms with Gasteiger partial charge in [-0.1, -0.05) is 48.9 Å². The fraction of sp³-hybridized carbons (Fsp3) is 0.346. The molecule has 10 nitrogen and oxygen atoms in total. The number of carboxylic acids is 1. The molecule has 0 spiro atoms. The van der Waals surface area contributed by atoms with E-state index in [4.69, 9.17) is 38.0 Å². The number of ether oxygens (including phenoxy) is 1. The summed E-state index contributed by atoms with van der Waals surface area (Å²) in [5.74, 6) is -1.63. The van der Waals surface area contributed by atoms with E-state index in [1.54, 1.807) is 42.5 Å². The molecule has 0 amide bonds. The number of amidine groups is 2. The van der Waals surface area contributed by atoms with E-state index < -0.39 is 21.7 Å². The van der Waals surface area contributed by atoms with E-state index in [2.05, 4.69) is 0 Å². The van der Waals surface area contributed by atoms with Crippen molar-refractivity contribution in [1.29, 1.82) is 10.8 Å². The van der Waals surface area contributed by atoms with Gasteiger partial charge in [0.05, 0.1) is 23.1 Å². The number of carbonyl (C=O) groups is 1. The number of piperidine rings is 1. The van der Waals surface area contributed by atoms with Crippen LogP contribution in [0.15, 0.2) is 48.5 Å². The minimum Gasteiger partial charge on any atom is -0.489 e. The van der Waals surface area contributed by atoms with Crippen LogP contribution in [0, 0.1) is 10.8 Å². The minimum atomic E-state index is -4.22. The van der Waals surface area contributed by atoms with Crippen molar-refractivity contribution in [3.63, 3.8) is 0 Å². The number of nitrogen functional groups attached to an aromatic ring is 1. The van der Waals surface area contributed by atoms with Gasteiger partial charge in [-0.05, 0) is 29.8 Å². The molecule has 1 heterocycles. The maximum Gasteiger partial charge on any atom is 0.320 e. The van der Waals surface area contributed by atoms with E-state index >= 15 is 0 Å². The summed E-state index contributed by atoms with van der Waals surface area (Å²) in [5, 5.41) is 24.9. The van der Waals surface area contributed by atoms with E-state index in [1.165, 1.54) is 12.1 Å².